The lowest BCUT2D eigenvalue weighted by Crippen LogP contribution is -2.19. The van der Waals surface area contributed by atoms with Gasteiger partial charge in [0.05, 0.1) is 0 Å². The van der Waals surface area contributed by atoms with Gasteiger partial charge in [0, 0.05) is 22.5 Å². The van der Waals surface area contributed by atoms with Crippen LogP contribution in [0, 0.1) is 6.92 Å². The third-order valence-electron chi connectivity index (χ3n) is 3.47. The van der Waals surface area contributed by atoms with Gasteiger partial charge in [-0.3, -0.25) is 0 Å². The second-order valence-electron chi connectivity index (χ2n) is 5.11. The highest BCUT2D eigenvalue weighted by Gasteiger charge is 2.13. The fourth-order valence-corrected chi connectivity index (χ4v) is 2.81. The Morgan fingerprint density at radius 1 is 1.05 bits per heavy atom. The molecule has 1 atom stereocenters. The summed E-state index contributed by atoms with van der Waals surface area (Å²) in [5.74, 6) is 0.387. The highest BCUT2D eigenvalue weighted by atomic mass is 35.5. The van der Waals surface area contributed by atoms with Gasteiger partial charge in [-0.25, -0.2) is 0 Å². The van der Waals surface area contributed by atoms with Crippen molar-refractivity contribution in [3.8, 4) is 0 Å². The van der Waals surface area contributed by atoms with Crippen molar-refractivity contribution in [2.45, 2.75) is 19.3 Å². The second-order valence-corrected chi connectivity index (χ2v) is 5.95. The summed E-state index contributed by atoms with van der Waals surface area (Å²) >= 11 is 12.3. The molecule has 1 N–H and O–H groups in total. The zero-order valence-electron chi connectivity index (χ0n) is 11.8. The molecule has 0 aliphatic rings. The molecule has 0 aromatic heterocycles. The molecule has 0 saturated heterocycles. The topological polar surface area (TPSA) is 12.0 Å². The van der Waals surface area contributed by atoms with Gasteiger partial charge in [0.2, 0.25) is 0 Å². The maximum absolute atomic E-state index is 6.34. The summed E-state index contributed by atoms with van der Waals surface area (Å²) in [4.78, 5) is 0. The summed E-state index contributed by atoms with van der Waals surface area (Å²) in [6.07, 6.45) is 0.918. The molecule has 0 amide bonds. The molecule has 1 unspecified atom stereocenters. The Bertz CT molecular complexity index is 564. The molecule has 0 aliphatic heterocycles. The lowest BCUT2D eigenvalue weighted by atomic mass is 9.91. The van der Waals surface area contributed by atoms with Gasteiger partial charge in [-0.1, -0.05) is 47.5 Å². The predicted molar refractivity (Wildman–Crippen MR) is 88.0 cm³/mol. The summed E-state index contributed by atoms with van der Waals surface area (Å²) in [5, 5.41) is 4.87. The molecule has 1 nitrogen and oxygen atoms in total. The van der Waals surface area contributed by atoms with E-state index in [0.29, 0.717) is 5.92 Å². The van der Waals surface area contributed by atoms with Crippen LogP contribution in [0.1, 0.15) is 22.6 Å². The van der Waals surface area contributed by atoms with E-state index in [1.54, 1.807) is 0 Å². The maximum atomic E-state index is 6.34. The van der Waals surface area contributed by atoms with Gasteiger partial charge < -0.3 is 5.32 Å². The molecule has 2 aromatic carbocycles. The summed E-state index contributed by atoms with van der Waals surface area (Å²) < 4.78 is 0. The van der Waals surface area contributed by atoms with E-state index in [4.69, 9.17) is 23.2 Å². The molecule has 0 bridgehead atoms. The molecule has 0 radical (unpaired) electrons. The first-order chi connectivity index (χ1) is 9.60. The smallest absolute Gasteiger partial charge is 0.0440 e. The fourth-order valence-electron chi connectivity index (χ4n) is 2.37. The largest absolute Gasteiger partial charge is 0.319 e. The average molecular weight is 308 g/mol. The van der Waals surface area contributed by atoms with E-state index in [-0.39, 0.29) is 0 Å². The zero-order chi connectivity index (χ0) is 14.5. The van der Waals surface area contributed by atoms with Crippen molar-refractivity contribution in [3.63, 3.8) is 0 Å². The normalized spacial score (nSPS) is 12.4. The molecule has 3 heteroatoms. The van der Waals surface area contributed by atoms with E-state index in [1.165, 1.54) is 16.7 Å². The Labute approximate surface area is 130 Å². The van der Waals surface area contributed by atoms with Gasteiger partial charge in [0.15, 0.2) is 0 Å². The van der Waals surface area contributed by atoms with Crippen molar-refractivity contribution in [3.05, 3.63) is 69.2 Å². The van der Waals surface area contributed by atoms with Gasteiger partial charge >= 0.3 is 0 Å². The first-order valence-corrected chi connectivity index (χ1v) is 7.51. The number of halogens is 2. The Kier molecular flexibility index (Phi) is 5.47. The quantitative estimate of drug-likeness (QED) is 0.833. The third kappa shape index (κ3) is 3.99. The SMILES string of the molecule is CNCC(Cc1ccc(C)cc1Cl)c1ccc(Cl)cc1. The molecule has 0 saturated carbocycles. The minimum absolute atomic E-state index is 0.387. The van der Waals surface area contributed by atoms with Crippen molar-refractivity contribution < 1.29 is 0 Å². The van der Waals surface area contributed by atoms with Crippen LogP contribution in [0.2, 0.25) is 10.0 Å². The molecule has 2 rings (SSSR count). The monoisotopic (exact) mass is 307 g/mol. The van der Waals surface area contributed by atoms with Gasteiger partial charge in [-0.2, -0.15) is 0 Å². The number of likely N-dealkylation sites (N-methyl/N-ethyl adjacent to an activating group) is 1. The molecule has 0 heterocycles. The molecule has 0 fully saturated rings. The molecule has 0 spiro atoms. The number of hydrogen-bond acceptors (Lipinski definition) is 1. The highest BCUT2D eigenvalue weighted by Crippen LogP contribution is 2.26. The van der Waals surface area contributed by atoms with Crippen molar-refractivity contribution in [1.82, 2.24) is 5.32 Å². The number of aryl methyl sites for hydroxylation is 1. The minimum atomic E-state index is 0.387. The van der Waals surface area contributed by atoms with Crippen LogP contribution in [0.3, 0.4) is 0 Å². The van der Waals surface area contributed by atoms with E-state index in [9.17, 15) is 0 Å². The summed E-state index contributed by atoms with van der Waals surface area (Å²) in [6, 6.07) is 14.3. The molecule has 20 heavy (non-hydrogen) atoms. The third-order valence-corrected chi connectivity index (χ3v) is 4.07. The van der Waals surface area contributed by atoms with Crippen LogP contribution < -0.4 is 5.32 Å². The van der Waals surface area contributed by atoms with E-state index in [2.05, 4.69) is 36.5 Å². The summed E-state index contributed by atoms with van der Waals surface area (Å²) in [5.41, 5.74) is 3.66. The molecule has 106 valence electrons. The van der Waals surface area contributed by atoms with Gasteiger partial charge in [-0.15, -0.1) is 0 Å². The zero-order valence-corrected chi connectivity index (χ0v) is 13.3. The van der Waals surface area contributed by atoms with Gasteiger partial charge in [-0.05, 0) is 55.3 Å². The lowest BCUT2D eigenvalue weighted by Gasteiger charge is -2.18. The van der Waals surface area contributed by atoms with Crippen LogP contribution >= 0.6 is 23.2 Å². The van der Waals surface area contributed by atoms with Gasteiger partial charge in [0.25, 0.3) is 0 Å². The molecule has 2 aromatic rings. The number of benzene rings is 2. The Balaban J connectivity index is 2.22. The van der Waals surface area contributed by atoms with Crippen LogP contribution in [0.5, 0.6) is 0 Å². The van der Waals surface area contributed by atoms with Crippen molar-refractivity contribution >= 4 is 23.2 Å². The maximum Gasteiger partial charge on any atom is 0.0440 e. The molecule has 0 aliphatic carbocycles. The average Bonchev–Trinajstić information content (AvgIpc) is 2.42. The molecular weight excluding hydrogens is 289 g/mol. The number of rotatable bonds is 5. The minimum Gasteiger partial charge on any atom is -0.319 e. The fraction of sp³-hybridized carbons (Fsp3) is 0.294. The first-order valence-electron chi connectivity index (χ1n) is 6.75. The van der Waals surface area contributed by atoms with Crippen LogP contribution in [0.15, 0.2) is 42.5 Å². The van der Waals surface area contributed by atoms with Crippen molar-refractivity contribution in [2.24, 2.45) is 0 Å². The predicted octanol–water partition coefficient (Wildman–Crippen LogP) is 4.85. The van der Waals surface area contributed by atoms with Crippen LogP contribution in [0.4, 0.5) is 0 Å². The summed E-state index contributed by atoms with van der Waals surface area (Å²) in [6.45, 7) is 2.96. The molecular formula is C17H19Cl2N. The lowest BCUT2D eigenvalue weighted by molar-refractivity contribution is 0.626. The number of hydrogen-bond donors (Lipinski definition) is 1. The van der Waals surface area contributed by atoms with E-state index < -0.39 is 0 Å². The van der Waals surface area contributed by atoms with Crippen LogP contribution in [-0.4, -0.2) is 13.6 Å². The number of nitrogens with one attached hydrogen (secondary N) is 1. The van der Waals surface area contributed by atoms with E-state index in [0.717, 1.165) is 23.0 Å². The highest BCUT2D eigenvalue weighted by molar-refractivity contribution is 6.31. The standard InChI is InChI=1S/C17H19Cl2N/c1-12-3-4-14(17(19)9-12)10-15(11-20-2)13-5-7-16(18)8-6-13/h3-9,15,20H,10-11H2,1-2H3. The van der Waals surface area contributed by atoms with Crippen molar-refractivity contribution in [2.75, 3.05) is 13.6 Å². The first kappa shape index (κ1) is 15.4. The van der Waals surface area contributed by atoms with Crippen molar-refractivity contribution in [1.29, 1.82) is 0 Å². The Morgan fingerprint density at radius 3 is 2.35 bits per heavy atom. The van der Waals surface area contributed by atoms with Crippen LogP contribution in [0.25, 0.3) is 0 Å². The van der Waals surface area contributed by atoms with Gasteiger partial charge in [0.1, 0.15) is 0 Å². The van der Waals surface area contributed by atoms with Crippen LogP contribution in [-0.2, 0) is 6.42 Å². The van der Waals surface area contributed by atoms with E-state index >= 15 is 0 Å². The second kappa shape index (κ2) is 7.12. The summed E-state index contributed by atoms with van der Waals surface area (Å²) in [7, 11) is 1.97. The van der Waals surface area contributed by atoms with E-state index in [1.807, 2.05) is 25.2 Å². The Hall–Kier alpha value is -1.02. The Morgan fingerprint density at radius 2 is 1.75 bits per heavy atom.